The second-order valence-corrected chi connectivity index (χ2v) is 18.1. The maximum absolute atomic E-state index is 12.7. The predicted octanol–water partition coefficient (Wildman–Crippen LogP) is 18.0. The number of rotatable bonds is 49. The van der Waals surface area contributed by atoms with E-state index in [4.69, 9.17) is 14.2 Å². The molecule has 0 aromatic rings. The lowest BCUT2D eigenvalue weighted by Gasteiger charge is -2.18. The second kappa shape index (κ2) is 52.7. The van der Waals surface area contributed by atoms with E-state index in [9.17, 15) is 14.4 Å². The number of carbonyl (C=O) groups is 3. The maximum Gasteiger partial charge on any atom is 0.306 e. The van der Waals surface area contributed by atoms with Crippen molar-refractivity contribution in [2.45, 2.75) is 277 Å². The van der Waals surface area contributed by atoms with Crippen LogP contribution in [0.2, 0.25) is 0 Å². The van der Waals surface area contributed by atoms with E-state index in [0.717, 1.165) is 64.2 Å². The minimum atomic E-state index is -0.809. The van der Waals surface area contributed by atoms with E-state index in [1.54, 1.807) is 0 Å². The van der Waals surface area contributed by atoms with Crippen molar-refractivity contribution in [1.82, 2.24) is 0 Å². The molecule has 0 N–H and O–H groups in total. The molecule has 0 aromatic carbocycles. The van der Waals surface area contributed by atoms with Crippen LogP contribution in [0.4, 0.5) is 0 Å². The summed E-state index contributed by atoms with van der Waals surface area (Å²) in [6.07, 6.45) is 65.2. The lowest BCUT2D eigenvalue weighted by Crippen LogP contribution is -2.30. The molecule has 6 nitrogen and oxygen atoms in total. The van der Waals surface area contributed by atoms with Gasteiger partial charge in [0.05, 0.1) is 0 Å². The highest BCUT2D eigenvalue weighted by Crippen LogP contribution is 2.15. The summed E-state index contributed by atoms with van der Waals surface area (Å²) in [6.45, 7) is 6.46. The molecule has 0 aliphatic rings. The minimum Gasteiger partial charge on any atom is -0.462 e. The first kappa shape index (κ1) is 61.1. The summed E-state index contributed by atoms with van der Waals surface area (Å²) in [4.78, 5) is 37.9. The standard InChI is InChI=1S/C58H102O6/c1-4-7-10-13-16-19-22-24-25-26-27-28-29-30-31-32-33-35-36-39-42-45-48-51-57(60)63-54-55(53-62-56(59)50-47-44-41-38-21-18-15-12-9-6-3)64-58(61)52-49-46-43-40-37-34-23-20-17-14-11-8-5-2/h8,11,17,20,26-27,34,37,43,46,55H,4-7,9-10,12-16,18-19,21-25,28-33,35-36,38-42,44-45,47-54H2,1-3H3/b11-8-,20-17-,27-26-,37-34-,46-43-. The molecule has 6 heteroatoms. The van der Waals surface area contributed by atoms with E-state index in [2.05, 4.69) is 69.4 Å². The molecule has 0 rings (SSSR count). The third-order valence-electron chi connectivity index (χ3n) is 11.8. The molecular formula is C58H102O6. The van der Waals surface area contributed by atoms with Crippen molar-refractivity contribution in [3.8, 4) is 0 Å². The number of unbranched alkanes of at least 4 members (excludes halogenated alkanes) is 28. The van der Waals surface area contributed by atoms with Gasteiger partial charge in [0.2, 0.25) is 0 Å². The van der Waals surface area contributed by atoms with Crippen molar-refractivity contribution in [2.24, 2.45) is 0 Å². The Kier molecular flexibility index (Phi) is 50.4. The number of hydrogen-bond donors (Lipinski definition) is 0. The Morgan fingerprint density at radius 2 is 0.641 bits per heavy atom. The van der Waals surface area contributed by atoms with Crippen LogP contribution in [0, 0.1) is 0 Å². The lowest BCUT2D eigenvalue weighted by molar-refractivity contribution is -0.166. The van der Waals surface area contributed by atoms with Gasteiger partial charge < -0.3 is 14.2 Å². The zero-order chi connectivity index (χ0) is 46.5. The first-order valence-corrected chi connectivity index (χ1v) is 27.3. The average molecular weight is 895 g/mol. The second-order valence-electron chi connectivity index (χ2n) is 18.1. The van der Waals surface area contributed by atoms with Crippen LogP contribution in [0.3, 0.4) is 0 Å². The van der Waals surface area contributed by atoms with Gasteiger partial charge in [-0.25, -0.2) is 0 Å². The summed E-state index contributed by atoms with van der Waals surface area (Å²) >= 11 is 0. The van der Waals surface area contributed by atoms with Gasteiger partial charge in [-0.05, 0) is 70.6 Å². The molecule has 0 aromatic heterocycles. The van der Waals surface area contributed by atoms with Gasteiger partial charge in [0, 0.05) is 19.3 Å². The Bertz CT molecular complexity index is 1170. The van der Waals surface area contributed by atoms with Crippen molar-refractivity contribution in [3.05, 3.63) is 60.8 Å². The van der Waals surface area contributed by atoms with Crippen molar-refractivity contribution in [3.63, 3.8) is 0 Å². The Hall–Kier alpha value is -2.89. The molecule has 0 fully saturated rings. The number of ether oxygens (including phenoxy) is 3. The van der Waals surface area contributed by atoms with Gasteiger partial charge in [0.25, 0.3) is 0 Å². The normalized spacial score (nSPS) is 12.5. The summed E-state index contributed by atoms with van der Waals surface area (Å²) in [5, 5.41) is 0. The Balaban J connectivity index is 4.28. The van der Waals surface area contributed by atoms with Crippen LogP contribution in [0.1, 0.15) is 271 Å². The highest BCUT2D eigenvalue weighted by atomic mass is 16.6. The van der Waals surface area contributed by atoms with Gasteiger partial charge in [-0.15, -0.1) is 0 Å². The van der Waals surface area contributed by atoms with Crippen molar-refractivity contribution in [2.75, 3.05) is 13.2 Å². The van der Waals surface area contributed by atoms with Gasteiger partial charge in [-0.2, -0.15) is 0 Å². The van der Waals surface area contributed by atoms with E-state index < -0.39 is 6.10 Å². The highest BCUT2D eigenvalue weighted by Gasteiger charge is 2.19. The molecule has 64 heavy (non-hydrogen) atoms. The van der Waals surface area contributed by atoms with Crippen molar-refractivity contribution >= 4 is 17.9 Å². The highest BCUT2D eigenvalue weighted by molar-refractivity contribution is 5.71. The van der Waals surface area contributed by atoms with Gasteiger partial charge in [0.1, 0.15) is 13.2 Å². The van der Waals surface area contributed by atoms with Crippen LogP contribution in [0.25, 0.3) is 0 Å². The first-order valence-electron chi connectivity index (χ1n) is 27.3. The number of allylic oxidation sites excluding steroid dienone is 10. The lowest BCUT2D eigenvalue weighted by atomic mass is 10.0. The van der Waals surface area contributed by atoms with Crippen molar-refractivity contribution < 1.29 is 28.6 Å². The number of carbonyl (C=O) groups excluding carboxylic acids is 3. The first-order chi connectivity index (χ1) is 31.5. The molecule has 370 valence electrons. The van der Waals surface area contributed by atoms with Gasteiger partial charge in [-0.3, -0.25) is 14.4 Å². The fourth-order valence-electron chi connectivity index (χ4n) is 7.69. The molecule has 0 spiro atoms. The molecule has 0 heterocycles. The minimum absolute atomic E-state index is 0.101. The zero-order valence-electron chi connectivity index (χ0n) is 42.3. The van der Waals surface area contributed by atoms with E-state index in [-0.39, 0.29) is 37.5 Å². The average Bonchev–Trinajstić information content (AvgIpc) is 3.29. The quantitative estimate of drug-likeness (QED) is 0.0262. The predicted molar refractivity (Wildman–Crippen MR) is 275 cm³/mol. The van der Waals surface area contributed by atoms with Crippen LogP contribution >= 0.6 is 0 Å². The molecule has 0 radical (unpaired) electrons. The van der Waals surface area contributed by atoms with E-state index in [1.807, 2.05) is 12.2 Å². The Labute approximate surface area is 396 Å². The Morgan fingerprint density at radius 1 is 0.328 bits per heavy atom. The fraction of sp³-hybridized carbons (Fsp3) is 0.776. The van der Waals surface area contributed by atoms with Crippen LogP contribution < -0.4 is 0 Å². The summed E-state index contributed by atoms with van der Waals surface area (Å²) in [5.74, 6) is -0.979. The zero-order valence-corrected chi connectivity index (χ0v) is 42.3. The van der Waals surface area contributed by atoms with E-state index >= 15 is 0 Å². The number of hydrogen-bond acceptors (Lipinski definition) is 6. The summed E-state index contributed by atoms with van der Waals surface area (Å²) in [7, 11) is 0. The molecule has 0 aliphatic carbocycles. The summed E-state index contributed by atoms with van der Waals surface area (Å²) in [6, 6.07) is 0. The molecule has 1 unspecified atom stereocenters. The van der Waals surface area contributed by atoms with E-state index in [0.29, 0.717) is 19.3 Å². The summed E-state index contributed by atoms with van der Waals surface area (Å²) < 4.78 is 16.7. The third kappa shape index (κ3) is 50.1. The van der Waals surface area contributed by atoms with Crippen LogP contribution in [0.5, 0.6) is 0 Å². The fourth-order valence-corrected chi connectivity index (χ4v) is 7.69. The topological polar surface area (TPSA) is 78.9 Å². The van der Waals surface area contributed by atoms with Crippen LogP contribution in [-0.2, 0) is 28.6 Å². The van der Waals surface area contributed by atoms with Gasteiger partial charge in [-0.1, -0.05) is 242 Å². The smallest absolute Gasteiger partial charge is 0.306 e. The van der Waals surface area contributed by atoms with Gasteiger partial charge in [0.15, 0.2) is 6.10 Å². The molecule has 0 aliphatic heterocycles. The monoisotopic (exact) mass is 895 g/mol. The molecule has 0 bridgehead atoms. The number of esters is 3. The van der Waals surface area contributed by atoms with Gasteiger partial charge >= 0.3 is 17.9 Å². The van der Waals surface area contributed by atoms with E-state index in [1.165, 1.54) is 161 Å². The van der Waals surface area contributed by atoms with Crippen LogP contribution in [0.15, 0.2) is 60.8 Å². The Morgan fingerprint density at radius 3 is 1.02 bits per heavy atom. The molecule has 0 saturated carbocycles. The molecular weight excluding hydrogens is 793 g/mol. The molecule has 0 saturated heterocycles. The SMILES string of the molecule is CC/C=C\C/C=C\C/C=C\C/C=C\CCC(=O)OC(COC(=O)CCCCCCCCCCCC)COC(=O)CCCCCCCCCCCCC/C=C\CCCCCCCCCC. The molecule has 1 atom stereocenters. The van der Waals surface area contributed by atoms with Crippen molar-refractivity contribution in [1.29, 1.82) is 0 Å². The molecule has 0 amide bonds. The summed E-state index contributed by atoms with van der Waals surface area (Å²) in [5.41, 5.74) is 0. The maximum atomic E-state index is 12.7. The third-order valence-corrected chi connectivity index (χ3v) is 11.8. The van der Waals surface area contributed by atoms with Crippen LogP contribution in [-0.4, -0.2) is 37.2 Å². The largest absolute Gasteiger partial charge is 0.462 e.